The van der Waals surface area contributed by atoms with Crippen LogP contribution in [0.5, 0.6) is 0 Å². The van der Waals surface area contributed by atoms with E-state index in [1.54, 1.807) is 27.6 Å². The zero-order valence-electron chi connectivity index (χ0n) is 15.3. The summed E-state index contributed by atoms with van der Waals surface area (Å²) < 4.78 is 0. The summed E-state index contributed by atoms with van der Waals surface area (Å²) in [4.78, 5) is 31.8. The Morgan fingerprint density at radius 2 is 2.15 bits per heavy atom. The van der Waals surface area contributed by atoms with Gasteiger partial charge in [-0.3, -0.25) is 14.5 Å². The molecule has 6 nitrogen and oxygen atoms in total. The number of thiazole rings is 1. The maximum absolute atomic E-state index is 13.0. The summed E-state index contributed by atoms with van der Waals surface area (Å²) in [5.74, 6) is -0.984. The number of thiophene rings is 1. The average molecular weight is 406 g/mol. The number of carbonyl (C=O) groups is 2. The Balaban J connectivity index is 1.63. The summed E-state index contributed by atoms with van der Waals surface area (Å²) >= 11 is 3.29. The SMILES string of the molecule is Cc1csc(-c2c(NC(=O)[C@@H]3CCCN3CC(=O)O)sc3c2CCCC3)n1. The van der Waals surface area contributed by atoms with E-state index in [9.17, 15) is 9.59 Å². The van der Waals surface area contributed by atoms with Gasteiger partial charge in [-0.25, -0.2) is 4.98 Å². The molecule has 1 aliphatic heterocycles. The number of nitrogens with zero attached hydrogens (tertiary/aromatic N) is 2. The second-order valence-corrected chi connectivity index (χ2v) is 9.18. The minimum atomic E-state index is -0.889. The van der Waals surface area contributed by atoms with E-state index in [1.807, 2.05) is 12.3 Å². The van der Waals surface area contributed by atoms with Crippen LogP contribution in [0.1, 0.15) is 41.8 Å². The number of anilines is 1. The van der Waals surface area contributed by atoms with Gasteiger partial charge in [-0.1, -0.05) is 0 Å². The third-order valence-corrected chi connectivity index (χ3v) is 7.43. The van der Waals surface area contributed by atoms with Crippen LogP contribution in [0.4, 0.5) is 5.00 Å². The van der Waals surface area contributed by atoms with Crippen LogP contribution in [0.15, 0.2) is 5.38 Å². The van der Waals surface area contributed by atoms with Crippen molar-refractivity contribution in [3.8, 4) is 10.6 Å². The highest BCUT2D eigenvalue weighted by Crippen LogP contribution is 2.45. The molecule has 2 aliphatic rings. The molecule has 0 bridgehead atoms. The number of fused-ring (bicyclic) bond motifs is 1. The van der Waals surface area contributed by atoms with Crippen LogP contribution in [-0.4, -0.2) is 46.0 Å². The maximum atomic E-state index is 13.0. The zero-order chi connectivity index (χ0) is 19.0. The number of hydrogen-bond donors (Lipinski definition) is 2. The number of carboxylic acids is 1. The summed E-state index contributed by atoms with van der Waals surface area (Å²) in [5, 5.41) is 16.1. The highest BCUT2D eigenvalue weighted by Gasteiger charge is 2.33. The van der Waals surface area contributed by atoms with E-state index in [2.05, 4.69) is 10.3 Å². The lowest BCUT2D eigenvalue weighted by atomic mass is 9.95. The van der Waals surface area contributed by atoms with Crippen molar-refractivity contribution >= 4 is 39.6 Å². The van der Waals surface area contributed by atoms with Crippen LogP contribution in [0.25, 0.3) is 10.6 Å². The summed E-state index contributed by atoms with van der Waals surface area (Å²) in [5.41, 5.74) is 3.42. The number of amides is 1. The molecule has 0 unspecified atom stereocenters. The fourth-order valence-corrected chi connectivity index (χ4v) is 6.26. The Labute approximate surface area is 166 Å². The largest absolute Gasteiger partial charge is 0.480 e. The Morgan fingerprint density at radius 1 is 1.33 bits per heavy atom. The third kappa shape index (κ3) is 3.79. The van der Waals surface area contributed by atoms with Gasteiger partial charge in [-0.15, -0.1) is 22.7 Å². The molecule has 2 N–H and O–H groups in total. The van der Waals surface area contributed by atoms with Crippen molar-refractivity contribution in [1.29, 1.82) is 0 Å². The molecule has 3 heterocycles. The van der Waals surface area contributed by atoms with Crippen molar-refractivity contribution in [3.63, 3.8) is 0 Å². The van der Waals surface area contributed by atoms with E-state index < -0.39 is 5.97 Å². The topological polar surface area (TPSA) is 82.5 Å². The molecule has 144 valence electrons. The molecule has 0 radical (unpaired) electrons. The minimum Gasteiger partial charge on any atom is -0.480 e. The van der Waals surface area contributed by atoms with Crippen molar-refractivity contribution in [3.05, 3.63) is 21.5 Å². The molecule has 2 aromatic heterocycles. The molecule has 1 saturated heterocycles. The van der Waals surface area contributed by atoms with Crippen molar-refractivity contribution < 1.29 is 14.7 Å². The molecule has 4 rings (SSSR count). The fourth-order valence-electron chi connectivity index (χ4n) is 4.03. The lowest BCUT2D eigenvalue weighted by molar-refractivity contribution is -0.139. The monoisotopic (exact) mass is 405 g/mol. The summed E-state index contributed by atoms with van der Waals surface area (Å²) in [6, 6.07) is -0.369. The fraction of sp³-hybridized carbons (Fsp3) is 0.526. The van der Waals surface area contributed by atoms with Gasteiger partial charge in [0.2, 0.25) is 5.91 Å². The van der Waals surface area contributed by atoms with Gasteiger partial charge in [0.1, 0.15) is 10.0 Å². The van der Waals surface area contributed by atoms with Crippen molar-refractivity contribution in [2.45, 2.75) is 51.5 Å². The standard InChI is InChI=1S/C19H23N3O3S2/c1-11-10-26-18(20-11)16-12-5-2-3-7-14(12)27-19(16)21-17(25)13-6-4-8-22(13)9-15(23)24/h10,13H,2-9H2,1H3,(H,21,25)(H,23,24)/t13-/m0/s1. The van der Waals surface area contributed by atoms with E-state index in [0.29, 0.717) is 13.0 Å². The van der Waals surface area contributed by atoms with Crippen LogP contribution in [0, 0.1) is 6.92 Å². The summed E-state index contributed by atoms with van der Waals surface area (Å²) in [6.07, 6.45) is 6.00. The molecule has 1 aliphatic carbocycles. The Morgan fingerprint density at radius 3 is 2.89 bits per heavy atom. The third-order valence-electron chi connectivity index (χ3n) is 5.25. The number of rotatable bonds is 5. The van der Waals surface area contributed by atoms with E-state index in [4.69, 9.17) is 5.11 Å². The first-order valence-corrected chi connectivity index (χ1v) is 11.1. The van der Waals surface area contributed by atoms with E-state index in [1.165, 1.54) is 23.3 Å². The maximum Gasteiger partial charge on any atom is 0.317 e. The zero-order valence-corrected chi connectivity index (χ0v) is 16.9. The van der Waals surface area contributed by atoms with Gasteiger partial charge < -0.3 is 10.4 Å². The van der Waals surface area contributed by atoms with Gasteiger partial charge in [0.05, 0.1) is 12.6 Å². The second-order valence-electron chi connectivity index (χ2n) is 7.22. The van der Waals surface area contributed by atoms with E-state index in [0.717, 1.165) is 40.5 Å². The summed E-state index contributed by atoms with van der Waals surface area (Å²) in [7, 11) is 0. The van der Waals surface area contributed by atoms with Gasteiger partial charge in [0.15, 0.2) is 0 Å². The van der Waals surface area contributed by atoms with Gasteiger partial charge in [0.25, 0.3) is 0 Å². The number of carbonyl (C=O) groups excluding carboxylic acids is 1. The Kier molecular flexibility index (Phi) is 5.29. The molecular weight excluding hydrogens is 382 g/mol. The van der Waals surface area contributed by atoms with Crippen LogP contribution in [0.2, 0.25) is 0 Å². The van der Waals surface area contributed by atoms with Crippen molar-refractivity contribution in [2.24, 2.45) is 0 Å². The number of aliphatic carboxylic acids is 1. The van der Waals surface area contributed by atoms with Crippen LogP contribution < -0.4 is 5.32 Å². The molecule has 0 aromatic carbocycles. The van der Waals surface area contributed by atoms with E-state index in [-0.39, 0.29) is 18.5 Å². The molecule has 1 amide bonds. The number of hydrogen-bond acceptors (Lipinski definition) is 6. The lowest BCUT2D eigenvalue weighted by Crippen LogP contribution is -2.42. The second kappa shape index (κ2) is 7.69. The van der Waals surface area contributed by atoms with Gasteiger partial charge in [-0.2, -0.15) is 0 Å². The predicted molar refractivity (Wildman–Crippen MR) is 108 cm³/mol. The first-order chi connectivity index (χ1) is 13.0. The smallest absolute Gasteiger partial charge is 0.317 e. The normalized spacial score (nSPS) is 19.8. The van der Waals surface area contributed by atoms with Crippen LogP contribution >= 0.6 is 22.7 Å². The van der Waals surface area contributed by atoms with Gasteiger partial charge in [-0.05, 0) is 57.6 Å². The first-order valence-electron chi connectivity index (χ1n) is 9.36. The molecule has 1 atom stereocenters. The van der Waals surface area contributed by atoms with Crippen LogP contribution in [0.3, 0.4) is 0 Å². The first kappa shape index (κ1) is 18.6. The van der Waals surface area contributed by atoms with Crippen molar-refractivity contribution in [1.82, 2.24) is 9.88 Å². The molecule has 1 fully saturated rings. The van der Waals surface area contributed by atoms with E-state index >= 15 is 0 Å². The molecule has 8 heteroatoms. The molecular formula is C19H23N3O3S2. The number of aryl methyl sites for hydroxylation is 2. The molecule has 2 aromatic rings. The summed E-state index contributed by atoms with van der Waals surface area (Å²) in [6.45, 7) is 2.56. The quantitative estimate of drug-likeness (QED) is 0.795. The van der Waals surface area contributed by atoms with Gasteiger partial charge >= 0.3 is 5.97 Å². The molecule has 0 saturated carbocycles. The minimum absolute atomic E-state index is 0.0858. The predicted octanol–water partition coefficient (Wildman–Crippen LogP) is 3.55. The average Bonchev–Trinajstić information content (AvgIpc) is 3.32. The lowest BCUT2D eigenvalue weighted by Gasteiger charge is -2.21. The Bertz CT molecular complexity index is 874. The highest BCUT2D eigenvalue weighted by atomic mass is 32.1. The van der Waals surface area contributed by atoms with Crippen LogP contribution in [-0.2, 0) is 22.4 Å². The molecule has 27 heavy (non-hydrogen) atoms. The molecule has 0 spiro atoms. The Hall–Kier alpha value is -1.77. The number of carboxylic acid groups (broad SMARTS) is 1. The number of likely N-dealkylation sites (tertiary alicyclic amines) is 1. The highest BCUT2D eigenvalue weighted by molar-refractivity contribution is 7.18. The number of nitrogens with one attached hydrogen (secondary N) is 1. The number of aromatic nitrogens is 1. The van der Waals surface area contributed by atoms with Gasteiger partial charge in [0, 0.05) is 21.5 Å². The van der Waals surface area contributed by atoms with Crippen molar-refractivity contribution in [2.75, 3.05) is 18.4 Å².